The molecule has 1 atom stereocenters. The maximum atomic E-state index is 13.5. The lowest BCUT2D eigenvalue weighted by Gasteiger charge is -2.23. The fourth-order valence-corrected chi connectivity index (χ4v) is 2.83. The fourth-order valence-electron chi connectivity index (χ4n) is 2.83. The van der Waals surface area contributed by atoms with Crippen LogP contribution in [0.2, 0.25) is 0 Å². The number of carbonyl (C=O) groups is 1. The first-order chi connectivity index (χ1) is 12.0. The van der Waals surface area contributed by atoms with Crippen LogP contribution in [0.3, 0.4) is 0 Å². The van der Waals surface area contributed by atoms with Gasteiger partial charge in [-0.2, -0.15) is 0 Å². The number of halogens is 1. The zero-order chi connectivity index (χ0) is 18.0. The Kier molecular flexibility index (Phi) is 4.81. The van der Waals surface area contributed by atoms with Crippen LogP contribution < -0.4 is 5.32 Å². The maximum absolute atomic E-state index is 13.5. The van der Waals surface area contributed by atoms with Gasteiger partial charge in [-0.1, -0.05) is 24.3 Å². The average molecular weight is 341 g/mol. The Morgan fingerprint density at radius 3 is 2.72 bits per heavy atom. The molecule has 0 aliphatic rings. The van der Waals surface area contributed by atoms with Gasteiger partial charge in [0.25, 0.3) is 0 Å². The van der Waals surface area contributed by atoms with E-state index >= 15 is 0 Å². The molecule has 0 aliphatic heterocycles. The highest BCUT2D eigenvalue weighted by Gasteiger charge is 2.23. The van der Waals surface area contributed by atoms with Crippen molar-refractivity contribution in [1.82, 2.24) is 15.2 Å². The average Bonchev–Trinajstić information content (AvgIpc) is 2.97. The Labute approximate surface area is 145 Å². The van der Waals surface area contributed by atoms with E-state index in [1.807, 2.05) is 25.1 Å². The van der Waals surface area contributed by atoms with Gasteiger partial charge in [-0.3, -0.25) is 9.69 Å². The van der Waals surface area contributed by atoms with E-state index in [1.54, 1.807) is 31.1 Å². The highest BCUT2D eigenvalue weighted by Crippen LogP contribution is 2.21. The Bertz CT molecular complexity index is 905. The first kappa shape index (κ1) is 17.1. The van der Waals surface area contributed by atoms with Gasteiger partial charge in [-0.15, -0.1) is 0 Å². The van der Waals surface area contributed by atoms with Gasteiger partial charge >= 0.3 is 0 Å². The number of carbonyl (C=O) groups excluding carboxylic acids is 1. The van der Waals surface area contributed by atoms with E-state index in [-0.39, 0.29) is 18.3 Å². The van der Waals surface area contributed by atoms with Crippen molar-refractivity contribution in [2.24, 2.45) is 0 Å². The van der Waals surface area contributed by atoms with Gasteiger partial charge in [-0.25, -0.2) is 9.37 Å². The molecule has 1 aromatic heterocycles. The molecule has 0 saturated heterocycles. The van der Waals surface area contributed by atoms with Crippen molar-refractivity contribution in [2.45, 2.75) is 19.5 Å². The first-order valence-corrected chi connectivity index (χ1v) is 8.00. The standard InChI is InChI=1S/C19H20FN3O2/c1-12-6-4-9-15-17(12)22-16(25-15)11-21-19(24)18(23(2)3)13-7-5-8-14(20)10-13/h4-10,18H,11H2,1-3H3,(H,21,24). The van der Waals surface area contributed by atoms with Gasteiger partial charge in [0.2, 0.25) is 11.8 Å². The third kappa shape index (κ3) is 3.69. The smallest absolute Gasteiger partial charge is 0.242 e. The van der Waals surface area contributed by atoms with Crippen LogP contribution in [0.1, 0.15) is 23.1 Å². The molecule has 6 heteroatoms. The molecule has 1 heterocycles. The number of para-hydroxylation sites is 1. The summed E-state index contributed by atoms with van der Waals surface area (Å²) >= 11 is 0. The van der Waals surface area contributed by atoms with Crippen molar-refractivity contribution in [1.29, 1.82) is 0 Å². The van der Waals surface area contributed by atoms with Crippen LogP contribution >= 0.6 is 0 Å². The number of nitrogens with one attached hydrogen (secondary N) is 1. The van der Waals surface area contributed by atoms with Gasteiger partial charge < -0.3 is 9.73 Å². The predicted octanol–water partition coefficient (Wildman–Crippen LogP) is 3.19. The molecular weight excluding hydrogens is 321 g/mol. The molecule has 3 aromatic rings. The molecular formula is C19H20FN3O2. The third-order valence-corrected chi connectivity index (χ3v) is 4.01. The second-order valence-corrected chi connectivity index (χ2v) is 6.17. The van der Waals surface area contributed by atoms with Gasteiger partial charge in [0, 0.05) is 0 Å². The number of amides is 1. The van der Waals surface area contributed by atoms with E-state index in [9.17, 15) is 9.18 Å². The van der Waals surface area contributed by atoms with E-state index < -0.39 is 6.04 Å². The zero-order valence-corrected chi connectivity index (χ0v) is 14.4. The molecule has 2 aromatic carbocycles. The molecule has 1 amide bonds. The second kappa shape index (κ2) is 7.03. The third-order valence-electron chi connectivity index (χ3n) is 4.01. The van der Waals surface area contributed by atoms with Gasteiger partial charge in [0.05, 0.1) is 6.54 Å². The molecule has 0 radical (unpaired) electrons. The molecule has 3 rings (SSSR count). The molecule has 1 N–H and O–H groups in total. The van der Waals surface area contributed by atoms with Crippen molar-refractivity contribution >= 4 is 17.0 Å². The Hall–Kier alpha value is -2.73. The second-order valence-electron chi connectivity index (χ2n) is 6.17. The normalized spacial score (nSPS) is 12.5. The van der Waals surface area contributed by atoms with E-state index in [1.165, 1.54) is 12.1 Å². The minimum atomic E-state index is -0.596. The van der Waals surface area contributed by atoms with Crippen molar-refractivity contribution in [2.75, 3.05) is 14.1 Å². The summed E-state index contributed by atoms with van der Waals surface area (Å²) in [6.45, 7) is 2.13. The number of aromatic nitrogens is 1. The maximum Gasteiger partial charge on any atom is 0.242 e. The summed E-state index contributed by atoms with van der Waals surface area (Å²) in [5, 5.41) is 2.82. The summed E-state index contributed by atoms with van der Waals surface area (Å²) in [6, 6.07) is 11.2. The van der Waals surface area contributed by atoms with E-state index in [0.29, 0.717) is 17.0 Å². The minimum absolute atomic E-state index is 0.173. The number of fused-ring (bicyclic) bond motifs is 1. The number of nitrogens with zero attached hydrogens (tertiary/aromatic N) is 2. The number of benzene rings is 2. The lowest BCUT2D eigenvalue weighted by molar-refractivity contribution is -0.126. The SMILES string of the molecule is Cc1cccc2oc(CNC(=O)C(c3cccc(F)c3)N(C)C)nc12. The molecule has 25 heavy (non-hydrogen) atoms. The summed E-state index contributed by atoms with van der Waals surface area (Å²) in [6.07, 6.45) is 0. The molecule has 0 spiro atoms. The van der Waals surface area contributed by atoms with Crippen molar-refractivity contribution in [3.8, 4) is 0 Å². The van der Waals surface area contributed by atoms with Crippen molar-refractivity contribution < 1.29 is 13.6 Å². The topological polar surface area (TPSA) is 58.4 Å². The van der Waals surface area contributed by atoms with Gasteiger partial charge in [0.15, 0.2) is 5.58 Å². The van der Waals surface area contributed by atoms with Gasteiger partial charge in [0.1, 0.15) is 17.4 Å². The van der Waals surface area contributed by atoms with Crippen LogP contribution in [0.15, 0.2) is 46.9 Å². The highest BCUT2D eigenvalue weighted by atomic mass is 19.1. The van der Waals surface area contributed by atoms with Crippen LogP contribution in [0.25, 0.3) is 11.1 Å². The number of hydrogen-bond donors (Lipinski definition) is 1. The van der Waals surface area contributed by atoms with E-state index in [2.05, 4.69) is 10.3 Å². The van der Waals surface area contributed by atoms with E-state index in [4.69, 9.17) is 4.42 Å². The molecule has 0 aliphatic carbocycles. The minimum Gasteiger partial charge on any atom is -0.439 e. The van der Waals surface area contributed by atoms with Crippen molar-refractivity contribution in [3.63, 3.8) is 0 Å². The molecule has 0 saturated carbocycles. The largest absolute Gasteiger partial charge is 0.439 e. The van der Waals surface area contributed by atoms with Crippen LogP contribution in [-0.4, -0.2) is 29.9 Å². The molecule has 0 fully saturated rings. The Morgan fingerprint density at radius 2 is 2.04 bits per heavy atom. The van der Waals surface area contributed by atoms with Crippen LogP contribution in [0.4, 0.5) is 4.39 Å². The fraction of sp³-hybridized carbons (Fsp3) is 0.263. The lowest BCUT2D eigenvalue weighted by Crippen LogP contribution is -2.36. The summed E-state index contributed by atoms with van der Waals surface area (Å²) in [5.74, 6) is -0.171. The number of aryl methyl sites for hydroxylation is 1. The summed E-state index contributed by atoms with van der Waals surface area (Å²) in [7, 11) is 3.55. The molecule has 130 valence electrons. The zero-order valence-electron chi connectivity index (χ0n) is 14.4. The van der Waals surface area contributed by atoms with Crippen LogP contribution in [0, 0.1) is 12.7 Å². The Morgan fingerprint density at radius 1 is 1.28 bits per heavy atom. The van der Waals surface area contributed by atoms with Crippen molar-refractivity contribution in [3.05, 3.63) is 65.3 Å². The molecule has 1 unspecified atom stereocenters. The number of oxazole rings is 1. The summed E-state index contributed by atoms with van der Waals surface area (Å²) < 4.78 is 19.2. The number of hydrogen-bond acceptors (Lipinski definition) is 4. The lowest BCUT2D eigenvalue weighted by atomic mass is 10.1. The monoisotopic (exact) mass is 341 g/mol. The highest BCUT2D eigenvalue weighted by molar-refractivity contribution is 5.83. The van der Waals surface area contributed by atoms with Crippen LogP contribution in [0.5, 0.6) is 0 Å². The summed E-state index contributed by atoms with van der Waals surface area (Å²) in [4.78, 5) is 18.8. The predicted molar refractivity (Wildman–Crippen MR) is 93.4 cm³/mol. The van der Waals surface area contributed by atoms with E-state index in [0.717, 1.165) is 11.1 Å². The summed E-state index contributed by atoms with van der Waals surface area (Å²) in [5.41, 5.74) is 3.10. The Balaban J connectivity index is 1.76. The number of likely N-dealkylation sites (N-methyl/N-ethyl adjacent to an activating group) is 1. The quantitative estimate of drug-likeness (QED) is 0.774. The first-order valence-electron chi connectivity index (χ1n) is 8.00. The molecule has 0 bridgehead atoms. The molecule has 5 nitrogen and oxygen atoms in total. The number of rotatable bonds is 5. The van der Waals surface area contributed by atoms with Gasteiger partial charge in [-0.05, 0) is 50.3 Å². The van der Waals surface area contributed by atoms with Crippen LogP contribution in [-0.2, 0) is 11.3 Å².